The summed E-state index contributed by atoms with van der Waals surface area (Å²) in [7, 11) is 1.31. The highest BCUT2D eigenvalue weighted by atomic mass is 35.5. The number of esters is 1. The van der Waals surface area contributed by atoms with Crippen molar-refractivity contribution in [3.05, 3.63) is 28.7 Å². The average Bonchev–Trinajstić information content (AvgIpc) is 2.82. The Bertz CT molecular complexity index is 597. The summed E-state index contributed by atoms with van der Waals surface area (Å²) in [6.07, 6.45) is 3.75. The molecule has 0 atom stereocenters. The number of methoxy groups -OCH3 is 1. The van der Waals surface area contributed by atoms with Gasteiger partial charge in [-0.2, -0.15) is 0 Å². The van der Waals surface area contributed by atoms with Crippen LogP contribution in [0.4, 0.5) is 0 Å². The first-order valence-electron chi connectivity index (χ1n) is 5.89. The minimum absolute atomic E-state index is 0.144. The topological polar surface area (TPSA) is 76.7 Å². The van der Waals surface area contributed by atoms with Crippen LogP contribution in [0.3, 0.4) is 0 Å². The highest BCUT2D eigenvalue weighted by molar-refractivity contribution is 6.33. The second-order valence-corrected chi connectivity index (χ2v) is 4.47. The van der Waals surface area contributed by atoms with Crippen LogP contribution in [0.5, 0.6) is 0 Å². The number of aromatic nitrogens is 3. The van der Waals surface area contributed by atoms with E-state index in [4.69, 9.17) is 16.7 Å². The molecule has 2 aromatic rings. The summed E-state index contributed by atoms with van der Waals surface area (Å²) in [5.41, 5.74) is 0.858. The zero-order valence-electron chi connectivity index (χ0n) is 10.5. The maximum absolute atomic E-state index is 11.5. The summed E-state index contributed by atoms with van der Waals surface area (Å²) in [4.78, 5) is 11.5. The van der Waals surface area contributed by atoms with Crippen LogP contribution in [0.15, 0.2) is 12.3 Å². The van der Waals surface area contributed by atoms with E-state index in [1.54, 1.807) is 10.6 Å². The minimum Gasteiger partial charge on any atom is -0.465 e. The molecule has 0 aromatic carbocycles. The van der Waals surface area contributed by atoms with Crippen molar-refractivity contribution in [1.82, 2.24) is 14.6 Å². The number of aryl methyl sites for hydroxylation is 1. The standard InChI is InChI=1S/C12H14ClN3O3/c1-19-12(18)8-6-9(13)11-15-14-10(16(11)7-8)4-2-3-5-17/h6-7,17H,2-5H2,1H3. The summed E-state index contributed by atoms with van der Waals surface area (Å²) < 4.78 is 6.36. The van der Waals surface area contributed by atoms with Crippen molar-refractivity contribution in [3.63, 3.8) is 0 Å². The van der Waals surface area contributed by atoms with Crippen LogP contribution in [-0.4, -0.2) is 39.4 Å². The number of unbranched alkanes of at least 4 members (excludes halogenated alkanes) is 1. The molecule has 102 valence electrons. The fourth-order valence-electron chi connectivity index (χ4n) is 1.79. The third kappa shape index (κ3) is 2.85. The predicted octanol–water partition coefficient (Wildman–Crippen LogP) is 1.48. The van der Waals surface area contributed by atoms with E-state index >= 15 is 0 Å². The van der Waals surface area contributed by atoms with Crippen molar-refractivity contribution in [2.75, 3.05) is 13.7 Å². The molecule has 0 radical (unpaired) electrons. The summed E-state index contributed by atoms with van der Waals surface area (Å²) in [5.74, 6) is 0.245. The first-order chi connectivity index (χ1) is 9.17. The van der Waals surface area contributed by atoms with E-state index in [9.17, 15) is 4.79 Å². The number of ether oxygens (including phenoxy) is 1. The summed E-state index contributed by atoms with van der Waals surface area (Å²) in [6, 6.07) is 1.51. The van der Waals surface area contributed by atoms with E-state index in [1.165, 1.54) is 13.2 Å². The van der Waals surface area contributed by atoms with Gasteiger partial charge in [0.15, 0.2) is 5.65 Å². The number of aliphatic hydroxyl groups excluding tert-OH is 1. The lowest BCUT2D eigenvalue weighted by molar-refractivity contribution is 0.0600. The minimum atomic E-state index is -0.459. The number of hydrogen-bond donors (Lipinski definition) is 1. The molecule has 0 aliphatic heterocycles. The van der Waals surface area contributed by atoms with Gasteiger partial charge in [0.25, 0.3) is 0 Å². The third-order valence-electron chi connectivity index (χ3n) is 2.76. The van der Waals surface area contributed by atoms with Gasteiger partial charge in [-0.25, -0.2) is 4.79 Å². The SMILES string of the molecule is COC(=O)c1cc(Cl)c2nnc(CCCCO)n2c1. The Morgan fingerprint density at radius 2 is 2.26 bits per heavy atom. The Morgan fingerprint density at radius 3 is 2.95 bits per heavy atom. The highest BCUT2D eigenvalue weighted by Gasteiger charge is 2.14. The zero-order chi connectivity index (χ0) is 13.8. The second-order valence-electron chi connectivity index (χ2n) is 4.06. The van der Waals surface area contributed by atoms with E-state index in [0.29, 0.717) is 34.9 Å². The number of rotatable bonds is 5. The van der Waals surface area contributed by atoms with Crippen molar-refractivity contribution >= 4 is 23.2 Å². The maximum Gasteiger partial charge on any atom is 0.339 e. The van der Waals surface area contributed by atoms with Crippen LogP contribution in [-0.2, 0) is 11.2 Å². The van der Waals surface area contributed by atoms with E-state index in [-0.39, 0.29) is 6.61 Å². The molecule has 0 saturated carbocycles. The third-order valence-corrected chi connectivity index (χ3v) is 3.04. The maximum atomic E-state index is 11.5. The number of aliphatic hydroxyl groups is 1. The number of pyridine rings is 1. The lowest BCUT2D eigenvalue weighted by atomic mass is 10.2. The molecule has 0 spiro atoms. The number of hydrogen-bond acceptors (Lipinski definition) is 5. The Labute approximate surface area is 115 Å². The fourth-order valence-corrected chi connectivity index (χ4v) is 2.04. The molecule has 2 heterocycles. The molecule has 7 heteroatoms. The van der Waals surface area contributed by atoms with Crippen molar-refractivity contribution in [1.29, 1.82) is 0 Å². The van der Waals surface area contributed by atoms with Crippen LogP contribution in [0.2, 0.25) is 5.02 Å². The molecule has 2 rings (SSSR count). The molecule has 0 aliphatic rings. The van der Waals surface area contributed by atoms with Crippen LogP contribution in [0, 0.1) is 0 Å². The Hall–Kier alpha value is -1.66. The van der Waals surface area contributed by atoms with Crippen molar-refractivity contribution in [3.8, 4) is 0 Å². The molecule has 0 amide bonds. The molecule has 0 fully saturated rings. The first-order valence-corrected chi connectivity index (χ1v) is 6.27. The molecule has 0 bridgehead atoms. The van der Waals surface area contributed by atoms with Crippen LogP contribution >= 0.6 is 11.6 Å². The van der Waals surface area contributed by atoms with Crippen LogP contribution < -0.4 is 0 Å². The van der Waals surface area contributed by atoms with Gasteiger partial charge in [-0.3, -0.25) is 4.40 Å². The normalized spacial score (nSPS) is 10.9. The molecule has 0 unspecified atom stereocenters. The van der Waals surface area contributed by atoms with Gasteiger partial charge >= 0.3 is 5.97 Å². The van der Waals surface area contributed by atoms with Crippen molar-refractivity contribution in [2.24, 2.45) is 0 Å². The fraction of sp³-hybridized carbons (Fsp3) is 0.417. The van der Waals surface area contributed by atoms with Gasteiger partial charge in [-0.15, -0.1) is 10.2 Å². The Kier molecular flexibility index (Phi) is 4.34. The van der Waals surface area contributed by atoms with Gasteiger partial charge in [0.05, 0.1) is 17.7 Å². The van der Waals surface area contributed by atoms with Gasteiger partial charge in [0.2, 0.25) is 0 Å². The average molecular weight is 284 g/mol. The number of fused-ring (bicyclic) bond motifs is 1. The van der Waals surface area contributed by atoms with Crippen molar-refractivity contribution < 1.29 is 14.6 Å². The number of nitrogens with zero attached hydrogens (tertiary/aromatic N) is 3. The molecule has 19 heavy (non-hydrogen) atoms. The smallest absolute Gasteiger partial charge is 0.339 e. The summed E-state index contributed by atoms with van der Waals surface area (Å²) in [6.45, 7) is 0.144. The predicted molar refractivity (Wildman–Crippen MR) is 69.4 cm³/mol. The molecular formula is C12H14ClN3O3. The van der Waals surface area contributed by atoms with Gasteiger partial charge in [0, 0.05) is 19.2 Å². The lowest BCUT2D eigenvalue weighted by Gasteiger charge is -2.04. The van der Waals surface area contributed by atoms with Crippen molar-refractivity contribution in [2.45, 2.75) is 19.3 Å². The molecule has 2 aromatic heterocycles. The molecule has 0 saturated heterocycles. The van der Waals surface area contributed by atoms with Crippen LogP contribution in [0.25, 0.3) is 5.65 Å². The highest BCUT2D eigenvalue weighted by Crippen LogP contribution is 2.19. The summed E-state index contributed by atoms with van der Waals surface area (Å²) >= 11 is 6.07. The second kappa shape index (κ2) is 5.99. The van der Waals surface area contributed by atoms with Crippen LogP contribution in [0.1, 0.15) is 29.0 Å². The zero-order valence-corrected chi connectivity index (χ0v) is 11.2. The lowest BCUT2D eigenvalue weighted by Crippen LogP contribution is -2.05. The molecule has 1 N–H and O–H groups in total. The number of carbonyl (C=O) groups is 1. The van der Waals surface area contributed by atoms with Gasteiger partial charge in [-0.05, 0) is 18.9 Å². The first kappa shape index (κ1) is 13.8. The Morgan fingerprint density at radius 1 is 1.47 bits per heavy atom. The van der Waals surface area contributed by atoms with E-state index in [2.05, 4.69) is 14.9 Å². The molecule has 0 aliphatic carbocycles. The summed E-state index contributed by atoms with van der Waals surface area (Å²) in [5, 5.41) is 17.2. The Balaban J connectivity index is 2.38. The largest absolute Gasteiger partial charge is 0.465 e. The monoisotopic (exact) mass is 283 g/mol. The quantitative estimate of drug-likeness (QED) is 0.664. The van der Waals surface area contributed by atoms with Gasteiger partial charge < -0.3 is 9.84 Å². The van der Waals surface area contributed by atoms with Gasteiger partial charge in [0.1, 0.15) is 5.82 Å². The molecule has 6 nitrogen and oxygen atoms in total. The number of halogens is 1. The molecular weight excluding hydrogens is 270 g/mol. The van der Waals surface area contributed by atoms with Gasteiger partial charge in [-0.1, -0.05) is 11.6 Å². The number of carbonyl (C=O) groups excluding carboxylic acids is 1. The van der Waals surface area contributed by atoms with E-state index in [0.717, 1.165) is 6.42 Å². The van der Waals surface area contributed by atoms with E-state index < -0.39 is 5.97 Å². The van der Waals surface area contributed by atoms with E-state index in [1.807, 2.05) is 0 Å².